The predicted octanol–water partition coefficient (Wildman–Crippen LogP) is 4.13. The number of nitrogens with one attached hydrogen (secondary N) is 1. The molecule has 9 heteroatoms. The van der Waals surface area contributed by atoms with Crippen molar-refractivity contribution in [3.63, 3.8) is 0 Å². The van der Waals surface area contributed by atoms with Crippen molar-refractivity contribution in [1.29, 1.82) is 0 Å². The van der Waals surface area contributed by atoms with E-state index in [4.69, 9.17) is 11.6 Å². The van der Waals surface area contributed by atoms with Crippen molar-refractivity contribution >= 4 is 28.8 Å². The van der Waals surface area contributed by atoms with E-state index >= 15 is 0 Å². The molecule has 0 unspecified atom stereocenters. The SMILES string of the molecule is CCc1nc2ccc(C(F)(F)F)c(-c3cc(Cl)c4c(c3)CC(=O)N4)n2n1. The fraction of sp³-hybridized carbons (Fsp3) is 0.235. The van der Waals surface area contributed by atoms with Crippen molar-refractivity contribution in [3.8, 4) is 11.3 Å². The molecule has 0 spiro atoms. The lowest BCUT2D eigenvalue weighted by atomic mass is 10.0. The standard InChI is InChI=1S/C17H12ClF3N4O/c1-2-12-22-13-4-3-10(17(19,20)21)16(25(13)24-12)9-5-8-7-14(26)23-15(8)11(18)6-9/h3-6H,2,7H2,1H3,(H,23,26). The number of fused-ring (bicyclic) bond motifs is 2. The van der Waals surface area contributed by atoms with E-state index in [-0.39, 0.29) is 28.6 Å². The van der Waals surface area contributed by atoms with E-state index in [0.717, 1.165) is 6.07 Å². The maximum absolute atomic E-state index is 13.6. The lowest BCUT2D eigenvalue weighted by molar-refractivity contribution is -0.137. The molecule has 5 nitrogen and oxygen atoms in total. The van der Waals surface area contributed by atoms with Crippen LogP contribution in [0.2, 0.25) is 5.02 Å². The van der Waals surface area contributed by atoms with Crippen LogP contribution in [0.4, 0.5) is 18.9 Å². The fourth-order valence-corrected chi connectivity index (χ4v) is 3.37. The molecule has 1 amide bonds. The monoisotopic (exact) mass is 380 g/mol. The van der Waals surface area contributed by atoms with Gasteiger partial charge in [-0.25, -0.2) is 9.50 Å². The van der Waals surface area contributed by atoms with E-state index < -0.39 is 11.7 Å². The number of pyridine rings is 1. The molecule has 1 aromatic carbocycles. The summed E-state index contributed by atoms with van der Waals surface area (Å²) in [6, 6.07) is 5.22. The Kier molecular flexibility index (Phi) is 3.69. The number of hydrogen-bond donors (Lipinski definition) is 1. The average Bonchev–Trinajstić information content (AvgIpc) is 3.15. The molecule has 4 rings (SSSR count). The molecular weight excluding hydrogens is 369 g/mol. The van der Waals surface area contributed by atoms with E-state index in [0.29, 0.717) is 29.1 Å². The number of amides is 1. The number of aryl methyl sites for hydroxylation is 1. The molecule has 1 aliphatic rings. The Morgan fingerprint density at radius 3 is 2.77 bits per heavy atom. The summed E-state index contributed by atoms with van der Waals surface area (Å²) in [4.78, 5) is 15.8. The molecule has 0 bridgehead atoms. The predicted molar refractivity (Wildman–Crippen MR) is 90.1 cm³/mol. The summed E-state index contributed by atoms with van der Waals surface area (Å²) in [6.07, 6.45) is -4.02. The molecule has 0 radical (unpaired) electrons. The van der Waals surface area contributed by atoms with Crippen LogP contribution in [0.1, 0.15) is 23.9 Å². The topological polar surface area (TPSA) is 59.3 Å². The van der Waals surface area contributed by atoms with Crippen molar-refractivity contribution in [2.75, 3.05) is 5.32 Å². The Labute approximate surface area is 150 Å². The first-order chi connectivity index (χ1) is 12.3. The molecule has 3 heterocycles. The first kappa shape index (κ1) is 16.8. The van der Waals surface area contributed by atoms with E-state index in [9.17, 15) is 18.0 Å². The van der Waals surface area contributed by atoms with Gasteiger partial charge in [0.15, 0.2) is 11.5 Å². The third kappa shape index (κ3) is 2.61. The quantitative estimate of drug-likeness (QED) is 0.727. The molecule has 0 saturated heterocycles. The van der Waals surface area contributed by atoms with Crippen LogP contribution >= 0.6 is 11.6 Å². The summed E-state index contributed by atoms with van der Waals surface area (Å²) < 4.78 is 42.1. The number of hydrogen-bond acceptors (Lipinski definition) is 3. The van der Waals surface area contributed by atoms with Crippen LogP contribution in [0, 0.1) is 0 Å². The van der Waals surface area contributed by atoms with Gasteiger partial charge in [0.05, 0.1) is 28.4 Å². The lowest BCUT2D eigenvalue weighted by Crippen LogP contribution is -2.11. The smallest absolute Gasteiger partial charge is 0.324 e. The van der Waals surface area contributed by atoms with E-state index in [1.807, 2.05) is 6.92 Å². The summed E-state index contributed by atoms with van der Waals surface area (Å²) in [6.45, 7) is 1.82. The summed E-state index contributed by atoms with van der Waals surface area (Å²) in [5, 5.41) is 7.00. The average molecular weight is 381 g/mol. The van der Waals surface area contributed by atoms with E-state index in [1.165, 1.54) is 22.7 Å². The zero-order valence-electron chi connectivity index (χ0n) is 13.5. The second kappa shape index (κ2) is 5.70. The third-order valence-electron chi connectivity index (χ3n) is 4.22. The minimum Gasteiger partial charge on any atom is -0.324 e. The van der Waals surface area contributed by atoms with Crippen LogP contribution in [0.5, 0.6) is 0 Å². The zero-order valence-corrected chi connectivity index (χ0v) is 14.2. The fourth-order valence-electron chi connectivity index (χ4n) is 3.08. The second-order valence-corrected chi connectivity index (χ2v) is 6.37. The summed E-state index contributed by atoms with van der Waals surface area (Å²) >= 11 is 6.20. The molecule has 134 valence electrons. The van der Waals surface area contributed by atoms with Crippen LogP contribution in [-0.4, -0.2) is 20.5 Å². The minimum atomic E-state index is -4.58. The molecule has 0 fully saturated rings. The largest absolute Gasteiger partial charge is 0.418 e. The van der Waals surface area contributed by atoms with Gasteiger partial charge in [0.1, 0.15) is 0 Å². The highest BCUT2D eigenvalue weighted by atomic mass is 35.5. The molecule has 2 aromatic heterocycles. The van der Waals surface area contributed by atoms with E-state index in [1.54, 1.807) is 0 Å². The van der Waals surface area contributed by atoms with Crippen molar-refractivity contribution in [2.24, 2.45) is 0 Å². The van der Waals surface area contributed by atoms with Gasteiger partial charge in [0, 0.05) is 12.0 Å². The summed E-state index contributed by atoms with van der Waals surface area (Å²) in [5.41, 5.74) is 0.552. The first-order valence-electron chi connectivity index (χ1n) is 7.86. The Morgan fingerprint density at radius 2 is 2.08 bits per heavy atom. The number of carbonyl (C=O) groups is 1. The van der Waals surface area contributed by atoms with Crippen LogP contribution < -0.4 is 5.32 Å². The van der Waals surface area contributed by atoms with Crippen molar-refractivity contribution in [3.05, 3.63) is 46.2 Å². The maximum Gasteiger partial charge on any atom is 0.418 e. The van der Waals surface area contributed by atoms with Gasteiger partial charge >= 0.3 is 6.18 Å². The van der Waals surface area contributed by atoms with Gasteiger partial charge in [-0.15, -0.1) is 0 Å². The number of anilines is 1. The van der Waals surface area contributed by atoms with Gasteiger partial charge in [-0.05, 0) is 29.8 Å². The molecular formula is C17H12ClF3N4O. The van der Waals surface area contributed by atoms with Gasteiger partial charge in [0.25, 0.3) is 0 Å². The van der Waals surface area contributed by atoms with Crippen LogP contribution in [0.25, 0.3) is 16.9 Å². The highest BCUT2D eigenvalue weighted by Gasteiger charge is 2.36. The highest BCUT2D eigenvalue weighted by molar-refractivity contribution is 6.34. The van der Waals surface area contributed by atoms with Gasteiger partial charge < -0.3 is 5.32 Å². The highest BCUT2D eigenvalue weighted by Crippen LogP contribution is 2.41. The minimum absolute atomic E-state index is 0.0673. The lowest BCUT2D eigenvalue weighted by Gasteiger charge is -2.15. The Hall–Kier alpha value is -2.61. The molecule has 0 atom stereocenters. The third-order valence-corrected chi connectivity index (χ3v) is 4.52. The van der Waals surface area contributed by atoms with Crippen molar-refractivity contribution < 1.29 is 18.0 Å². The number of halogens is 4. The zero-order chi connectivity index (χ0) is 18.6. The molecule has 26 heavy (non-hydrogen) atoms. The summed E-state index contributed by atoms with van der Waals surface area (Å²) in [7, 11) is 0. The Balaban J connectivity index is 2.04. The number of carbonyl (C=O) groups excluding carboxylic acids is 1. The first-order valence-corrected chi connectivity index (χ1v) is 8.24. The number of alkyl halides is 3. The number of nitrogens with zero attached hydrogens (tertiary/aromatic N) is 3. The molecule has 0 saturated carbocycles. The molecule has 0 aliphatic carbocycles. The Morgan fingerprint density at radius 1 is 1.31 bits per heavy atom. The second-order valence-electron chi connectivity index (χ2n) is 5.96. The van der Waals surface area contributed by atoms with Crippen LogP contribution in [-0.2, 0) is 23.8 Å². The summed E-state index contributed by atoms with van der Waals surface area (Å²) in [5.74, 6) is 0.192. The number of aromatic nitrogens is 3. The molecule has 3 aromatic rings. The van der Waals surface area contributed by atoms with Gasteiger partial charge in [-0.3, -0.25) is 4.79 Å². The van der Waals surface area contributed by atoms with Crippen LogP contribution in [0.15, 0.2) is 24.3 Å². The molecule has 1 aliphatic heterocycles. The normalized spacial score (nSPS) is 14.0. The number of benzene rings is 1. The van der Waals surface area contributed by atoms with E-state index in [2.05, 4.69) is 15.4 Å². The van der Waals surface area contributed by atoms with Gasteiger partial charge in [-0.1, -0.05) is 18.5 Å². The van der Waals surface area contributed by atoms with Crippen molar-refractivity contribution in [2.45, 2.75) is 25.9 Å². The number of rotatable bonds is 2. The van der Waals surface area contributed by atoms with Gasteiger partial charge in [-0.2, -0.15) is 18.3 Å². The maximum atomic E-state index is 13.6. The van der Waals surface area contributed by atoms with Gasteiger partial charge in [0.2, 0.25) is 5.91 Å². The molecule has 1 N–H and O–H groups in total. The van der Waals surface area contributed by atoms with Crippen LogP contribution in [0.3, 0.4) is 0 Å². The van der Waals surface area contributed by atoms with Crippen molar-refractivity contribution in [1.82, 2.24) is 14.6 Å². The Bertz CT molecular complexity index is 1060.